The molecule has 4 amide bonds. The molecular weight excluding hydrogens is 356 g/mol. The lowest BCUT2D eigenvalue weighted by Crippen LogP contribution is -2.54. The molecule has 1 aliphatic heterocycles. The third-order valence-electron chi connectivity index (χ3n) is 5.62. The second-order valence-corrected chi connectivity index (χ2v) is 7.40. The highest BCUT2D eigenvalue weighted by Gasteiger charge is 2.55. The fraction of sp³-hybridized carbons (Fsp3) is 0.526. The summed E-state index contributed by atoms with van der Waals surface area (Å²) in [5.41, 5.74) is -0.529. The van der Waals surface area contributed by atoms with E-state index in [0.29, 0.717) is 12.0 Å². The van der Waals surface area contributed by atoms with Crippen LogP contribution in [0.15, 0.2) is 18.2 Å². The van der Waals surface area contributed by atoms with Gasteiger partial charge in [0.15, 0.2) is 11.6 Å². The van der Waals surface area contributed by atoms with E-state index in [1.807, 2.05) is 6.92 Å². The fourth-order valence-corrected chi connectivity index (χ4v) is 3.93. The van der Waals surface area contributed by atoms with Crippen molar-refractivity contribution >= 4 is 17.8 Å². The van der Waals surface area contributed by atoms with Crippen LogP contribution in [-0.4, -0.2) is 34.8 Å². The standard InChI is InChI=1S/C19H23F2N3O3/c1-11-5-3-4-8-19(11)17(26)24(18(27)23-19)10-16(25)22-12(2)13-6-7-14(20)15(21)9-13/h6-7,9,11-12H,3-5,8,10H2,1-2H3,(H,22,25)(H,23,27). The molecule has 6 nitrogen and oxygen atoms in total. The molecule has 2 N–H and O–H groups in total. The molecule has 1 heterocycles. The van der Waals surface area contributed by atoms with E-state index in [1.165, 1.54) is 6.07 Å². The van der Waals surface area contributed by atoms with Gasteiger partial charge in [0.2, 0.25) is 5.91 Å². The lowest BCUT2D eigenvalue weighted by molar-refractivity contribution is -0.137. The molecule has 1 saturated heterocycles. The van der Waals surface area contributed by atoms with E-state index in [9.17, 15) is 23.2 Å². The first-order valence-electron chi connectivity index (χ1n) is 9.13. The number of hydrogen-bond donors (Lipinski definition) is 2. The topological polar surface area (TPSA) is 78.5 Å². The largest absolute Gasteiger partial charge is 0.348 e. The number of rotatable bonds is 4. The highest BCUT2D eigenvalue weighted by molar-refractivity contribution is 6.09. The van der Waals surface area contributed by atoms with Gasteiger partial charge >= 0.3 is 6.03 Å². The van der Waals surface area contributed by atoms with Crippen molar-refractivity contribution in [1.82, 2.24) is 15.5 Å². The average molecular weight is 379 g/mol. The molecule has 1 aliphatic carbocycles. The highest BCUT2D eigenvalue weighted by Crippen LogP contribution is 2.38. The Morgan fingerprint density at radius 3 is 2.74 bits per heavy atom. The molecule has 0 aromatic heterocycles. The highest BCUT2D eigenvalue weighted by atomic mass is 19.2. The Labute approximate surface area is 156 Å². The molecule has 8 heteroatoms. The number of carbonyl (C=O) groups excluding carboxylic acids is 3. The van der Waals surface area contributed by atoms with Gasteiger partial charge in [0, 0.05) is 0 Å². The summed E-state index contributed by atoms with van der Waals surface area (Å²) in [6.45, 7) is 3.14. The van der Waals surface area contributed by atoms with Gasteiger partial charge in [-0.25, -0.2) is 13.6 Å². The Morgan fingerprint density at radius 1 is 1.33 bits per heavy atom. The summed E-state index contributed by atoms with van der Waals surface area (Å²) < 4.78 is 26.4. The molecule has 3 atom stereocenters. The van der Waals surface area contributed by atoms with Crippen molar-refractivity contribution in [1.29, 1.82) is 0 Å². The maximum Gasteiger partial charge on any atom is 0.325 e. The summed E-state index contributed by atoms with van der Waals surface area (Å²) in [6.07, 6.45) is 3.28. The van der Waals surface area contributed by atoms with E-state index in [-0.39, 0.29) is 11.8 Å². The first-order chi connectivity index (χ1) is 12.7. The lowest BCUT2D eigenvalue weighted by atomic mass is 9.73. The molecule has 1 aromatic rings. The molecule has 27 heavy (non-hydrogen) atoms. The third-order valence-corrected chi connectivity index (χ3v) is 5.62. The molecule has 146 valence electrons. The van der Waals surface area contributed by atoms with Gasteiger partial charge in [-0.3, -0.25) is 14.5 Å². The molecular formula is C19H23F2N3O3. The van der Waals surface area contributed by atoms with E-state index in [4.69, 9.17) is 0 Å². The number of imide groups is 1. The van der Waals surface area contributed by atoms with Crippen LogP contribution in [0, 0.1) is 17.6 Å². The van der Waals surface area contributed by atoms with Crippen molar-refractivity contribution in [2.45, 2.75) is 51.1 Å². The number of nitrogens with zero attached hydrogens (tertiary/aromatic N) is 1. The zero-order chi connectivity index (χ0) is 19.8. The number of benzene rings is 1. The molecule has 1 aromatic carbocycles. The van der Waals surface area contributed by atoms with Crippen molar-refractivity contribution in [3.63, 3.8) is 0 Å². The smallest absolute Gasteiger partial charge is 0.325 e. The van der Waals surface area contributed by atoms with Crippen molar-refractivity contribution in [3.05, 3.63) is 35.4 Å². The van der Waals surface area contributed by atoms with Crippen LogP contribution >= 0.6 is 0 Å². The van der Waals surface area contributed by atoms with Gasteiger partial charge in [0.1, 0.15) is 12.1 Å². The van der Waals surface area contributed by atoms with Crippen LogP contribution in [0.1, 0.15) is 51.1 Å². The Morgan fingerprint density at radius 2 is 2.07 bits per heavy atom. The molecule has 2 fully saturated rings. The van der Waals surface area contributed by atoms with Gasteiger partial charge in [-0.2, -0.15) is 0 Å². The van der Waals surface area contributed by atoms with E-state index < -0.39 is 41.7 Å². The van der Waals surface area contributed by atoms with Crippen molar-refractivity contribution in [2.24, 2.45) is 5.92 Å². The minimum absolute atomic E-state index is 0.0110. The van der Waals surface area contributed by atoms with Gasteiger partial charge in [-0.1, -0.05) is 25.8 Å². The predicted octanol–water partition coefficient (Wildman–Crippen LogP) is 2.64. The van der Waals surface area contributed by atoms with Crippen LogP contribution in [0.25, 0.3) is 0 Å². The molecule has 0 radical (unpaired) electrons. The van der Waals surface area contributed by atoms with Crippen LogP contribution in [0.4, 0.5) is 13.6 Å². The second-order valence-electron chi connectivity index (χ2n) is 7.40. The molecule has 0 bridgehead atoms. The van der Waals surface area contributed by atoms with Crippen molar-refractivity contribution < 1.29 is 23.2 Å². The SMILES string of the molecule is CC(NC(=O)CN1C(=O)NC2(CCCCC2C)C1=O)c1ccc(F)c(F)c1. The van der Waals surface area contributed by atoms with Gasteiger partial charge in [-0.05, 0) is 43.4 Å². The van der Waals surface area contributed by atoms with Crippen LogP contribution in [0.3, 0.4) is 0 Å². The number of carbonyl (C=O) groups is 3. The van der Waals surface area contributed by atoms with Gasteiger partial charge < -0.3 is 10.6 Å². The zero-order valence-corrected chi connectivity index (χ0v) is 15.4. The average Bonchev–Trinajstić information content (AvgIpc) is 2.85. The minimum atomic E-state index is -1.00. The predicted molar refractivity (Wildman–Crippen MR) is 93.5 cm³/mol. The first kappa shape index (κ1) is 19.3. The number of amides is 4. The van der Waals surface area contributed by atoms with Crippen LogP contribution in [0.2, 0.25) is 0 Å². The van der Waals surface area contributed by atoms with E-state index in [0.717, 1.165) is 36.3 Å². The summed E-state index contributed by atoms with van der Waals surface area (Å²) in [7, 11) is 0. The third kappa shape index (κ3) is 3.52. The van der Waals surface area contributed by atoms with E-state index >= 15 is 0 Å². The van der Waals surface area contributed by atoms with Gasteiger partial charge in [0.05, 0.1) is 6.04 Å². The number of halogens is 2. The van der Waals surface area contributed by atoms with Crippen LogP contribution in [-0.2, 0) is 9.59 Å². The van der Waals surface area contributed by atoms with Crippen LogP contribution in [0.5, 0.6) is 0 Å². The zero-order valence-electron chi connectivity index (χ0n) is 15.4. The first-order valence-corrected chi connectivity index (χ1v) is 9.13. The minimum Gasteiger partial charge on any atom is -0.348 e. The number of urea groups is 1. The summed E-state index contributed by atoms with van der Waals surface area (Å²) >= 11 is 0. The van der Waals surface area contributed by atoms with Crippen molar-refractivity contribution in [3.8, 4) is 0 Å². The Kier molecular flexibility index (Phi) is 5.17. The van der Waals surface area contributed by atoms with Crippen molar-refractivity contribution in [2.75, 3.05) is 6.54 Å². The van der Waals surface area contributed by atoms with Crippen LogP contribution < -0.4 is 10.6 Å². The monoisotopic (exact) mass is 379 g/mol. The second kappa shape index (κ2) is 7.25. The van der Waals surface area contributed by atoms with E-state index in [1.54, 1.807) is 6.92 Å². The maximum absolute atomic E-state index is 13.4. The van der Waals surface area contributed by atoms with E-state index in [2.05, 4.69) is 10.6 Å². The molecule has 1 saturated carbocycles. The summed E-state index contributed by atoms with van der Waals surface area (Å²) in [6, 6.07) is 2.20. The van der Waals surface area contributed by atoms with Gasteiger partial charge in [0.25, 0.3) is 5.91 Å². The number of nitrogens with one attached hydrogen (secondary N) is 2. The lowest BCUT2D eigenvalue weighted by Gasteiger charge is -2.36. The molecule has 3 rings (SSSR count). The number of hydrogen-bond acceptors (Lipinski definition) is 3. The molecule has 3 unspecified atom stereocenters. The fourth-order valence-electron chi connectivity index (χ4n) is 3.93. The van der Waals surface area contributed by atoms with Gasteiger partial charge in [-0.15, -0.1) is 0 Å². The summed E-state index contributed by atoms with van der Waals surface area (Å²) in [5, 5.41) is 5.40. The quantitative estimate of drug-likeness (QED) is 0.790. The summed E-state index contributed by atoms with van der Waals surface area (Å²) in [4.78, 5) is 38.4. The Bertz CT molecular complexity index is 785. The maximum atomic E-state index is 13.4. The Balaban J connectivity index is 1.66. The molecule has 1 spiro atoms. The molecule has 2 aliphatic rings. The normalized spacial score (nSPS) is 26.2. The Hall–Kier alpha value is -2.51. The summed E-state index contributed by atoms with van der Waals surface area (Å²) in [5.74, 6) is -2.87.